The summed E-state index contributed by atoms with van der Waals surface area (Å²) >= 11 is 1.95. The fourth-order valence-electron chi connectivity index (χ4n) is 3.65. The van der Waals surface area contributed by atoms with Crippen molar-refractivity contribution in [3.8, 4) is 0 Å². The van der Waals surface area contributed by atoms with E-state index < -0.39 is 0 Å². The summed E-state index contributed by atoms with van der Waals surface area (Å²) in [5.74, 6) is 1.93. The molecule has 0 atom stereocenters. The second kappa shape index (κ2) is 9.80. The molecule has 8 heteroatoms. The van der Waals surface area contributed by atoms with Gasteiger partial charge < -0.3 is 19.5 Å². The number of thioether (sulfide) groups is 1. The van der Waals surface area contributed by atoms with Crippen molar-refractivity contribution < 1.29 is 9.26 Å². The number of aromatic nitrogens is 1. The molecule has 0 spiro atoms. The molecule has 1 aromatic rings. The van der Waals surface area contributed by atoms with Crippen molar-refractivity contribution >= 4 is 17.7 Å². The van der Waals surface area contributed by atoms with Crippen molar-refractivity contribution in [2.45, 2.75) is 38.0 Å². The van der Waals surface area contributed by atoms with Crippen molar-refractivity contribution in [1.82, 2.24) is 20.3 Å². The summed E-state index contributed by atoms with van der Waals surface area (Å²) in [6, 6.07) is 2.02. The number of hydrogen-bond acceptors (Lipinski definition) is 6. The SMILES string of the molecule is CCNC(=NCC1(SC)CCOCC1)N1CCN(Cc2cc(C)on2)CC1. The molecule has 2 saturated heterocycles. The van der Waals surface area contributed by atoms with Gasteiger partial charge in [0.15, 0.2) is 5.96 Å². The van der Waals surface area contributed by atoms with Gasteiger partial charge in [-0.3, -0.25) is 9.89 Å². The average molecular weight is 396 g/mol. The van der Waals surface area contributed by atoms with E-state index in [2.05, 4.69) is 33.5 Å². The molecule has 7 nitrogen and oxygen atoms in total. The monoisotopic (exact) mass is 395 g/mol. The van der Waals surface area contributed by atoms with Crippen LogP contribution in [-0.4, -0.2) is 84.4 Å². The molecular weight excluding hydrogens is 362 g/mol. The first kappa shape index (κ1) is 20.5. The summed E-state index contributed by atoms with van der Waals surface area (Å²) in [7, 11) is 0. The number of nitrogens with zero attached hydrogens (tertiary/aromatic N) is 4. The van der Waals surface area contributed by atoms with Crippen LogP contribution in [0.3, 0.4) is 0 Å². The molecular formula is C19H33N5O2S. The van der Waals surface area contributed by atoms with Crippen LogP contribution in [0.1, 0.15) is 31.2 Å². The second-order valence-electron chi connectivity index (χ2n) is 7.36. The Morgan fingerprint density at radius 2 is 2.04 bits per heavy atom. The quantitative estimate of drug-likeness (QED) is 0.583. The van der Waals surface area contributed by atoms with E-state index in [0.29, 0.717) is 0 Å². The molecule has 0 aromatic carbocycles. The lowest BCUT2D eigenvalue weighted by Crippen LogP contribution is -2.52. The third-order valence-electron chi connectivity index (χ3n) is 5.42. The minimum absolute atomic E-state index is 0.228. The Morgan fingerprint density at radius 3 is 2.63 bits per heavy atom. The van der Waals surface area contributed by atoms with Crippen LogP contribution < -0.4 is 5.32 Å². The van der Waals surface area contributed by atoms with Crippen LogP contribution in [0.4, 0.5) is 0 Å². The predicted molar refractivity (Wildman–Crippen MR) is 110 cm³/mol. The van der Waals surface area contributed by atoms with Crippen LogP contribution in [0.15, 0.2) is 15.6 Å². The van der Waals surface area contributed by atoms with Crippen molar-refractivity contribution in [3.05, 3.63) is 17.5 Å². The van der Waals surface area contributed by atoms with E-state index in [1.54, 1.807) is 0 Å². The van der Waals surface area contributed by atoms with Gasteiger partial charge in [0, 0.05) is 63.3 Å². The maximum Gasteiger partial charge on any atom is 0.194 e. The third-order valence-corrected chi connectivity index (χ3v) is 6.83. The van der Waals surface area contributed by atoms with Crippen LogP contribution in [0, 0.1) is 6.92 Å². The van der Waals surface area contributed by atoms with Crippen molar-refractivity contribution in [2.24, 2.45) is 4.99 Å². The van der Waals surface area contributed by atoms with Crippen LogP contribution in [0.25, 0.3) is 0 Å². The van der Waals surface area contributed by atoms with E-state index in [1.165, 1.54) is 0 Å². The highest BCUT2D eigenvalue weighted by atomic mass is 32.2. The fraction of sp³-hybridized carbons (Fsp3) is 0.789. The number of aliphatic imine (C=N–C) groups is 1. The molecule has 0 aliphatic carbocycles. The number of rotatable bonds is 6. The minimum atomic E-state index is 0.228. The molecule has 0 bridgehead atoms. The number of ether oxygens (including phenoxy) is 1. The molecule has 0 amide bonds. The molecule has 1 N–H and O–H groups in total. The summed E-state index contributed by atoms with van der Waals surface area (Å²) in [5, 5.41) is 7.60. The largest absolute Gasteiger partial charge is 0.381 e. The maximum absolute atomic E-state index is 5.55. The number of nitrogens with one attached hydrogen (secondary N) is 1. The van der Waals surface area contributed by atoms with E-state index in [9.17, 15) is 0 Å². The van der Waals surface area contributed by atoms with E-state index in [1.807, 2.05) is 24.8 Å². The van der Waals surface area contributed by atoms with Gasteiger partial charge >= 0.3 is 0 Å². The smallest absolute Gasteiger partial charge is 0.194 e. The van der Waals surface area contributed by atoms with Gasteiger partial charge in [-0.25, -0.2) is 0 Å². The first-order valence-electron chi connectivity index (χ1n) is 9.95. The van der Waals surface area contributed by atoms with E-state index in [4.69, 9.17) is 14.3 Å². The van der Waals surface area contributed by atoms with Crippen LogP contribution in [0.5, 0.6) is 0 Å². The Balaban J connectivity index is 1.55. The summed E-state index contributed by atoms with van der Waals surface area (Å²) < 4.78 is 11.0. The molecule has 27 heavy (non-hydrogen) atoms. The number of hydrogen-bond donors (Lipinski definition) is 1. The topological polar surface area (TPSA) is 66.1 Å². The van der Waals surface area contributed by atoms with E-state index in [0.717, 1.165) is 89.3 Å². The van der Waals surface area contributed by atoms with Gasteiger partial charge in [0.05, 0.1) is 12.2 Å². The maximum atomic E-state index is 5.55. The molecule has 3 rings (SSSR count). The van der Waals surface area contributed by atoms with Crippen LogP contribution >= 0.6 is 11.8 Å². The molecule has 0 saturated carbocycles. The molecule has 3 heterocycles. The Kier molecular flexibility index (Phi) is 7.43. The van der Waals surface area contributed by atoms with Gasteiger partial charge in [0.25, 0.3) is 0 Å². The van der Waals surface area contributed by atoms with Crippen molar-refractivity contribution in [1.29, 1.82) is 0 Å². The minimum Gasteiger partial charge on any atom is -0.381 e. The van der Waals surface area contributed by atoms with E-state index in [-0.39, 0.29) is 4.75 Å². The van der Waals surface area contributed by atoms with Gasteiger partial charge in [0.1, 0.15) is 5.76 Å². The molecule has 2 fully saturated rings. The lowest BCUT2D eigenvalue weighted by molar-refractivity contribution is 0.0793. The Bertz CT molecular complexity index is 607. The first-order chi connectivity index (χ1) is 13.1. The molecule has 2 aliphatic heterocycles. The third kappa shape index (κ3) is 5.62. The molecule has 0 unspecified atom stereocenters. The Morgan fingerprint density at radius 1 is 1.30 bits per heavy atom. The number of piperazine rings is 1. The zero-order chi connectivity index (χ0) is 19.1. The first-order valence-corrected chi connectivity index (χ1v) is 11.2. The number of guanidine groups is 1. The highest BCUT2D eigenvalue weighted by Crippen LogP contribution is 2.34. The molecule has 0 radical (unpaired) electrons. The average Bonchev–Trinajstić information content (AvgIpc) is 3.11. The van der Waals surface area contributed by atoms with Crippen molar-refractivity contribution in [3.63, 3.8) is 0 Å². The molecule has 152 valence electrons. The number of aryl methyl sites for hydroxylation is 1. The lowest BCUT2D eigenvalue weighted by Gasteiger charge is -2.38. The highest BCUT2D eigenvalue weighted by molar-refractivity contribution is 8.00. The Labute approximate surface area is 166 Å². The van der Waals surface area contributed by atoms with Gasteiger partial charge in [-0.15, -0.1) is 0 Å². The van der Waals surface area contributed by atoms with Crippen molar-refractivity contribution in [2.75, 3.05) is 58.7 Å². The summed E-state index contributed by atoms with van der Waals surface area (Å²) in [5.41, 5.74) is 1.02. The fourth-order valence-corrected chi connectivity index (χ4v) is 4.42. The lowest BCUT2D eigenvalue weighted by atomic mass is 9.99. The second-order valence-corrected chi connectivity index (χ2v) is 8.64. The zero-order valence-corrected chi connectivity index (χ0v) is 17.7. The van der Waals surface area contributed by atoms with Gasteiger partial charge in [-0.1, -0.05) is 5.16 Å². The zero-order valence-electron chi connectivity index (χ0n) is 16.9. The van der Waals surface area contributed by atoms with Gasteiger partial charge in [-0.05, 0) is 32.9 Å². The summed E-state index contributed by atoms with van der Waals surface area (Å²) in [6.07, 6.45) is 4.38. The Hall–Kier alpha value is -1.25. The summed E-state index contributed by atoms with van der Waals surface area (Å²) in [6.45, 7) is 12.4. The molecule has 1 aromatic heterocycles. The molecule has 2 aliphatic rings. The van der Waals surface area contributed by atoms with Gasteiger partial charge in [-0.2, -0.15) is 11.8 Å². The van der Waals surface area contributed by atoms with Crippen LogP contribution in [-0.2, 0) is 11.3 Å². The predicted octanol–water partition coefficient (Wildman–Crippen LogP) is 1.98. The normalized spacial score (nSPS) is 21.4. The van der Waals surface area contributed by atoms with E-state index >= 15 is 0 Å². The standard InChI is InChI=1S/C19H33N5O2S/c1-4-20-18(21-15-19(27-3)5-11-25-12-6-19)24-9-7-23(8-10-24)14-17-13-16(2)26-22-17/h13H,4-12,14-15H2,1-3H3,(H,20,21). The summed E-state index contributed by atoms with van der Waals surface area (Å²) in [4.78, 5) is 9.85. The highest BCUT2D eigenvalue weighted by Gasteiger charge is 2.32. The van der Waals surface area contributed by atoms with Gasteiger partial charge in [0.2, 0.25) is 0 Å². The van der Waals surface area contributed by atoms with Crippen LogP contribution in [0.2, 0.25) is 0 Å².